The van der Waals surface area contributed by atoms with Crippen molar-refractivity contribution in [2.45, 2.75) is 12.3 Å². The van der Waals surface area contributed by atoms with E-state index in [0.717, 1.165) is 56.2 Å². The van der Waals surface area contributed by atoms with Crippen molar-refractivity contribution in [2.24, 2.45) is 10.9 Å². The van der Waals surface area contributed by atoms with Gasteiger partial charge in [0.05, 0.1) is 39.5 Å². The van der Waals surface area contributed by atoms with Gasteiger partial charge in [0.1, 0.15) is 5.69 Å². The maximum Gasteiger partial charge on any atom is 0.104 e. The Bertz CT molecular complexity index is 2160. The van der Waals surface area contributed by atoms with Crippen LogP contribution in [0.2, 0.25) is 0 Å². The van der Waals surface area contributed by atoms with Gasteiger partial charge in [-0.1, -0.05) is 90.8 Å². The van der Waals surface area contributed by atoms with Crippen molar-refractivity contribution < 1.29 is 0 Å². The fourth-order valence-electron chi connectivity index (χ4n) is 7.38. The van der Waals surface area contributed by atoms with E-state index in [1.807, 2.05) is 18.5 Å². The number of pyridine rings is 1. The number of anilines is 5. The predicted octanol–water partition coefficient (Wildman–Crippen LogP) is 9.62. The zero-order valence-electron chi connectivity index (χ0n) is 24.3. The van der Waals surface area contributed by atoms with Crippen molar-refractivity contribution in [3.63, 3.8) is 0 Å². The summed E-state index contributed by atoms with van der Waals surface area (Å²) in [6.45, 7) is 0. The van der Waals surface area contributed by atoms with Crippen LogP contribution in [0.4, 0.5) is 34.1 Å². The summed E-state index contributed by atoms with van der Waals surface area (Å²) in [4.78, 5) is 15.0. The molecule has 2 aliphatic carbocycles. The van der Waals surface area contributed by atoms with Crippen LogP contribution >= 0.6 is 0 Å². The fourth-order valence-corrected chi connectivity index (χ4v) is 7.38. The molecule has 44 heavy (non-hydrogen) atoms. The van der Waals surface area contributed by atoms with Crippen LogP contribution in [0, 0.1) is 17.8 Å². The summed E-state index contributed by atoms with van der Waals surface area (Å²) in [5, 5.41) is 1.06. The third-order valence-electron chi connectivity index (χ3n) is 9.28. The molecule has 0 N–H and O–H groups in total. The monoisotopic (exact) mass is 564 g/mol. The van der Waals surface area contributed by atoms with Crippen LogP contribution in [0.1, 0.15) is 34.6 Å². The van der Waals surface area contributed by atoms with Gasteiger partial charge in [0.2, 0.25) is 0 Å². The van der Waals surface area contributed by atoms with Gasteiger partial charge in [-0.3, -0.25) is 9.98 Å². The molecule has 0 spiro atoms. The first-order chi connectivity index (χ1) is 21.8. The lowest BCUT2D eigenvalue weighted by Gasteiger charge is -2.40. The fraction of sp³-hybridized carbons (Fsp3) is 0.100. The van der Waals surface area contributed by atoms with Gasteiger partial charge in [-0.25, -0.2) is 0 Å². The average molecular weight is 565 g/mol. The number of nitrogens with zero attached hydrogens (tertiary/aromatic N) is 4. The lowest BCUT2D eigenvalue weighted by molar-refractivity contribution is 0.709. The molecule has 9 rings (SSSR count). The van der Waals surface area contributed by atoms with Crippen LogP contribution in [0.3, 0.4) is 0 Å². The van der Waals surface area contributed by atoms with Crippen LogP contribution in [-0.4, -0.2) is 18.2 Å². The van der Waals surface area contributed by atoms with Crippen LogP contribution in [-0.2, 0) is 0 Å². The van der Waals surface area contributed by atoms with Crippen molar-refractivity contribution in [3.8, 4) is 11.8 Å². The standard InChI is InChI=1S/C40H28N4/c1-43-33-19-6-8-21-35(33)44(36-22-9-7-20-34(36)43)40-31-18-12-24-41-38(31)37(30-17-10-11-23-42-39(30)40)32-25-26-13-2-3-14-27(26)28-15-4-5-16-29(28)32/h2-9,12-16,18-25,28-29H,11H2,1H3. The Morgan fingerprint density at radius 1 is 0.773 bits per heavy atom. The first kappa shape index (κ1) is 24.9. The predicted molar refractivity (Wildman–Crippen MR) is 183 cm³/mol. The molecule has 0 radical (unpaired) electrons. The molecule has 4 heteroatoms. The minimum absolute atomic E-state index is 0.175. The molecular weight excluding hydrogens is 536 g/mol. The number of hydrogen-bond donors (Lipinski definition) is 0. The third kappa shape index (κ3) is 3.53. The quantitative estimate of drug-likeness (QED) is 0.200. The van der Waals surface area contributed by atoms with Crippen molar-refractivity contribution >= 4 is 62.9 Å². The molecule has 0 fully saturated rings. The van der Waals surface area contributed by atoms with Gasteiger partial charge in [-0.2, -0.15) is 0 Å². The average Bonchev–Trinajstić information content (AvgIpc) is 3.34. The Morgan fingerprint density at radius 3 is 2.27 bits per heavy atom. The van der Waals surface area contributed by atoms with Crippen molar-refractivity contribution in [1.29, 1.82) is 0 Å². The molecule has 4 nitrogen and oxygen atoms in total. The first-order valence-electron chi connectivity index (χ1n) is 15.1. The molecule has 5 aromatic rings. The van der Waals surface area contributed by atoms with Gasteiger partial charge in [-0.05, 0) is 53.1 Å². The number of allylic oxidation sites excluding steroid dienone is 5. The molecule has 3 heterocycles. The summed E-state index contributed by atoms with van der Waals surface area (Å²) in [5.74, 6) is 7.43. The molecule has 4 aromatic carbocycles. The minimum atomic E-state index is 0.175. The number of fused-ring (bicyclic) bond motifs is 7. The molecule has 1 aromatic heterocycles. The highest BCUT2D eigenvalue weighted by atomic mass is 15.3. The van der Waals surface area contributed by atoms with Crippen molar-refractivity contribution in [1.82, 2.24) is 4.98 Å². The van der Waals surface area contributed by atoms with Gasteiger partial charge in [0.15, 0.2) is 0 Å². The Labute approximate surface area is 257 Å². The van der Waals surface area contributed by atoms with E-state index in [2.05, 4.69) is 138 Å². The van der Waals surface area contributed by atoms with Gasteiger partial charge in [0.25, 0.3) is 0 Å². The molecule has 208 valence electrons. The third-order valence-corrected chi connectivity index (χ3v) is 9.28. The van der Waals surface area contributed by atoms with E-state index in [0.29, 0.717) is 6.42 Å². The van der Waals surface area contributed by atoms with Crippen LogP contribution in [0.15, 0.2) is 120 Å². The number of para-hydroxylation sites is 4. The number of hydrogen-bond acceptors (Lipinski definition) is 4. The van der Waals surface area contributed by atoms with E-state index in [-0.39, 0.29) is 11.8 Å². The van der Waals surface area contributed by atoms with Gasteiger partial charge >= 0.3 is 0 Å². The highest BCUT2D eigenvalue weighted by Crippen LogP contribution is 2.57. The zero-order chi connectivity index (χ0) is 29.2. The summed E-state index contributed by atoms with van der Waals surface area (Å²) >= 11 is 0. The smallest absolute Gasteiger partial charge is 0.104 e. The van der Waals surface area contributed by atoms with Gasteiger partial charge in [-0.15, -0.1) is 0 Å². The molecule has 0 amide bonds. The largest absolute Gasteiger partial charge is 0.341 e. The van der Waals surface area contributed by atoms with E-state index in [4.69, 9.17) is 9.98 Å². The van der Waals surface area contributed by atoms with Crippen LogP contribution in [0.5, 0.6) is 0 Å². The summed E-state index contributed by atoms with van der Waals surface area (Å²) in [6.07, 6.45) is 15.8. The topological polar surface area (TPSA) is 31.7 Å². The molecule has 2 unspecified atom stereocenters. The minimum Gasteiger partial charge on any atom is -0.341 e. The molecule has 0 saturated carbocycles. The molecule has 0 bridgehead atoms. The van der Waals surface area contributed by atoms with Gasteiger partial charge in [0, 0.05) is 48.7 Å². The Morgan fingerprint density at radius 2 is 1.48 bits per heavy atom. The molecular formula is C40H28N4. The summed E-state index contributed by atoms with van der Waals surface area (Å²) in [7, 11) is 2.14. The highest BCUT2D eigenvalue weighted by molar-refractivity contribution is 6.14. The zero-order valence-corrected chi connectivity index (χ0v) is 24.3. The highest BCUT2D eigenvalue weighted by Gasteiger charge is 2.36. The summed E-state index contributed by atoms with van der Waals surface area (Å²) < 4.78 is 0. The molecule has 0 saturated heterocycles. The normalized spacial score (nSPS) is 18.7. The first-order valence-corrected chi connectivity index (χ1v) is 15.1. The number of benzene rings is 4. The second-order valence-electron chi connectivity index (χ2n) is 11.6. The van der Waals surface area contributed by atoms with E-state index >= 15 is 0 Å². The molecule has 2 aliphatic heterocycles. The summed E-state index contributed by atoms with van der Waals surface area (Å²) in [5.41, 5.74) is 13.2. The van der Waals surface area contributed by atoms with E-state index < -0.39 is 0 Å². The van der Waals surface area contributed by atoms with Crippen molar-refractivity contribution in [3.05, 3.63) is 138 Å². The Kier molecular flexibility index (Phi) is 5.48. The second kappa shape index (κ2) is 9.69. The van der Waals surface area contributed by atoms with Crippen LogP contribution in [0.25, 0.3) is 22.6 Å². The maximum absolute atomic E-state index is 5.19. The maximum atomic E-state index is 5.19. The number of aliphatic imine (C=N–C) groups is 1. The Hall–Kier alpha value is -5.66. The number of aromatic nitrogens is 1. The lowest BCUT2D eigenvalue weighted by Crippen LogP contribution is -2.24. The number of rotatable bonds is 2. The van der Waals surface area contributed by atoms with E-state index in [1.54, 1.807) is 0 Å². The van der Waals surface area contributed by atoms with Gasteiger partial charge < -0.3 is 9.80 Å². The Balaban J connectivity index is 1.40. The molecule has 4 aliphatic rings. The lowest BCUT2D eigenvalue weighted by atomic mass is 9.70. The SMILES string of the molecule is CN1c2ccccc2N(c2c3c(c(C4=Cc5ccccc5C5C=CC=CC45)c4ncccc24)C#CCC=N3)c2ccccc21. The van der Waals surface area contributed by atoms with Crippen LogP contribution < -0.4 is 9.80 Å². The second-order valence-corrected chi connectivity index (χ2v) is 11.6. The molecule has 2 atom stereocenters. The van der Waals surface area contributed by atoms with E-state index in [1.165, 1.54) is 16.7 Å². The summed E-state index contributed by atoms with van der Waals surface area (Å²) in [6, 6.07) is 30.2. The van der Waals surface area contributed by atoms with Crippen molar-refractivity contribution in [2.75, 3.05) is 16.8 Å². The van der Waals surface area contributed by atoms with E-state index in [9.17, 15) is 0 Å².